The summed E-state index contributed by atoms with van der Waals surface area (Å²) in [6.45, 7) is 1.90. The molecule has 2 nitrogen and oxygen atoms in total. The molecule has 0 radical (unpaired) electrons. The van der Waals surface area contributed by atoms with Crippen LogP contribution in [0.5, 0.6) is 0 Å². The molecule has 0 saturated heterocycles. The van der Waals surface area contributed by atoms with E-state index in [0.717, 1.165) is 38.8 Å². The molecule has 0 amide bonds. The third-order valence-electron chi connectivity index (χ3n) is 13.4. The molecule has 12 rings (SSSR count). The van der Waals surface area contributed by atoms with Gasteiger partial charge in [-0.1, -0.05) is 158 Å². The van der Waals surface area contributed by atoms with Gasteiger partial charge in [0.25, 0.3) is 0 Å². The van der Waals surface area contributed by atoms with Gasteiger partial charge in [0, 0.05) is 24.0 Å². The Morgan fingerprint density at radius 1 is 0.226 bits per heavy atom. The Labute approximate surface area is 361 Å². The molecule has 0 fully saturated rings. The molecule has 2 heterocycles. The highest BCUT2D eigenvalue weighted by atomic mass is 15.0. The first-order valence-electron chi connectivity index (χ1n) is 22.3. The van der Waals surface area contributed by atoms with Crippen LogP contribution in [0.4, 0.5) is 0 Å². The van der Waals surface area contributed by atoms with Crippen LogP contribution in [0, 0.1) is 0 Å². The summed E-state index contributed by atoms with van der Waals surface area (Å²) in [6, 6.07) is 76.5. The second-order valence-electron chi connectivity index (χ2n) is 16.9. The summed E-state index contributed by atoms with van der Waals surface area (Å²) < 4.78 is 5.36. The number of aryl methyl sites for hydroxylation is 2. The van der Waals surface area contributed by atoms with Gasteiger partial charge in [0.2, 0.25) is 22.1 Å². The molecule has 2 heteroatoms. The number of unbranched alkanes of at least 4 members (excludes halogenated alkanes) is 3. The second-order valence-corrected chi connectivity index (χ2v) is 16.9. The number of pyridine rings is 2. The van der Waals surface area contributed by atoms with E-state index in [-0.39, 0.29) is 0 Å². The summed E-state index contributed by atoms with van der Waals surface area (Å²) >= 11 is 0. The van der Waals surface area contributed by atoms with E-state index in [9.17, 15) is 0 Å². The summed E-state index contributed by atoms with van der Waals surface area (Å²) in [7, 11) is 0. The largest absolute Gasteiger partial charge is 0.221 e. The van der Waals surface area contributed by atoms with Crippen molar-refractivity contribution in [2.24, 2.45) is 0 Å². The van der Waals surface area contributed by atoms with Crippen LogP contribution < -0.4 is 9.13 Å². The van der Waals surface area contributed by atoms with Crippen molar-refractivity contribution in [1.82, 2.24) is 0 Å². The Balaban J connectivity index is 0.957. The van der Waals surface area contributed by atoms with Crippen molar-refractivity contribution in [1.29, 1.82) is 0 Å². The van der Waals surface area contributed by atoms with Gasteiger partial charge in [-0.05, 0) is 94.0 Å². The second kappa shape index (κ2) is 15.2. The van der Waals surface area contributed by atoms with Crippen LogP contribution in [-0.2, 0) is 13.1 Å². The lowest BCUT2D eigenvalue weighted by atomic mass is 9.91. The van der Waals surface area contributed by atoms with Gasteiger partial charge in [0.05, 0.1) is 43.1 Å². The standard InChI is InChI=1S/C60H46N2/c1(17-39-61-57-47-27-13-9-19-41(47)31-35-51(57)55(45-23-5-3-6-24-45)52-36-32-42-20-10-14-28-48(42)58(52)61)2-18-40-62-59-49-29-15-11-21-43(49)33-37-53(59)56(46-25-7-4-8-26-46)54-38-34-44-22-12-16-30-50(44)60(54)62/h3-16,19-38H,1-2,17-18,39-40H2/q+2. The first-order valence-corrected chi connectivity index (χ1v) is 22.3. The number of aromatic nitrogens is 2. The molecule has 0 unspecified atom stereocenters. The van der Waals surface area contributed by atoms with E-state index in [4.69, 9.17) is 0 Å². The van der Waals surface area contributed by atoms with Crippen LogP contribution in [-0.4, -0.2) is 0 Å². The minimum Gasteiger partial charge on any atom is -0.190 e. The van der Waals surface area contributed by atoms with Gasteiger partial charge in [-0.25, -0.2) is 0 Å². The predicted molar refractivity (Wildman–Crippen MR) is 263 cm³/mol. The third kappa shape index (κ3) is 5.93. The van der Waals surface area contributed by atoms with E-state index in [1.54, 1.807) is 0 Å². The molecule has 0 aliphatic carbocycles. The van der Waals surface area contributed by atoms with Crippen LogP contribution in [0.15, 0.2) is 206 Å². The van der Waals surface area contributed by atoms with E-state index < -0.39 is 0 Å². The Morgan fingerprint density at radius 2 is 0.500 bits per heavy atom. The maximum absolute atomic E-state index is 2.68. The Morgan fingerprint density at radius 3 is 0.806 bits per heavy atom. The van der Waals surface area contributed by atoms with Crippen molar-refractivity contribution in [3.8, 4) is 22.3 Å². The highest BCUT2D eigenvalue weighted by molar-refractivity contribution is 6.20. The first kappa shape index (κ1) is 36.4. The van der Waals surface area contributed by atoms with Crippen LogP contribution in [0.1, 0.15) is 25.7 Å². The van der Waals surface area contributed by atoms with Gasteiger partial charge in [0.1, 0.15) is 13.1 Å². The van der Waals surface area contributed by atoms with Crippen LogP contribution >= 0.6 is 0 Å². The summed E-state index contributed by atoms with van der Waals surface area (Å²) in [6.07, 6.45) is 4.48. The summed E-state index contributed by atoms with van der Waals surface area (Å²) in [4.78, 5) is 0. The Hall–Kier alpha value is -7.42. The average Bonchev–Trinajstić information content (AvgIpc) is 3.34. The average molecular weight is 795 g/mol. The maximum atomic E-state index is 2.68. The molecule has 62 heavy (non-hydrogen) atoms. The number of nitrogens with zero attached hydrogens (tertiary/aromatic N) is 2. The van der Waals surface area contributed by atoms with Crippen molar-refractivity contribution in [3.63, 3.8) is 0 Å². The van der Waals surface area contributed by atoms with Crippen LogP contribution in [0.3, 0.4) is 0 Å². The topological polar surface area (TPSA) is 7.76 Å². The van der Waals surface area contributed by atoms with Gasteiger partial charge in [-0.3, -0.25) is 0 Å². The molecule has 0 N–H and O–H groups in total. The van der Waals surface area contributed by atoms with E-state index in [0.29, 0.717) is 0 Å². The van der Waals surface area contributed by atoms with E-state index in [1.807, 2.05) is 0 Å². The highest BCUT2D eigenvalue weighted by Gasteiger charge is 2.27. The quantitative estimate of drug-likeness (QED) is 0.0595. The zero-order valence-electron chi connectivity index (χ0n) is 34.8. The molecular weight excluding hydrogens is 749 g/mol. The van der Waals surface area contributed by atoms with Crippen molar-refractivity contribution in [3.05, 3.63) is 206 Å². The van der Waals surface area contributed by atoms with Crippen molar-refractivity contribution in [2.75, 3.05) is 0 Å². The van der Waals surface area contributed by atoms with E-state index >= 15 is 0 Å². The van der Waals surface area contributed by atoms with Gasteiger partial charge in [-0.2, -0.15) is 9.13 Å². The number of benzene rings is 10. The minimum atomic E-state index is 0.949. The third-order valence-corrected chi connectivity index (χ3v) is 13.4. The predicted octanol–water partition coefficient (Wildman–Crippen LogP) is 15.1. The van der Waals surface area contributed by atoms with Crippen molar-refractivity contribution >= 4 is 86.7 Å². The molecular formula is C60H46N2+2. The number of fused-ring (bicyclic) bond motifs is 12. The lowest BCUT2D eigenvalue weighted by Crippen LogP contribution is -2.37. The van der Waals surface area contributed by atoms with Gasteiger partial charge in [0.15, 0.2) is 0 Å². The molecule has 0 atom stereocenters. The summed E-state index contributed by atoms with van der Waals surface area (Å²) in [5.41, 5.74) is 10.5. The molecule has 0 bridgehead atoms. The zero-order valence-corrected chi connectivity index (χ0v) is 34.8. The molecule has 0 aliphatic rings. The Kier molecular flexibility index (Phi) is 8.96. The molecule has 0 spiro atoms. The van der Waals surface area contributed by atoms with Crippen LogP contribution in [0.2, 0.25) is 0 Å². The normalized spacial score (nSPS) is 11.9. The smallest absolute Gasteiger partial charge is 0.190 e. The summed E-state index contributed by atoms with van der Waals surface area (Å²) in [5, 5.41) is 15.6. The molecule has 0 saturated carbocycles. The molecule has 12 aromatic rings. The monoisotopic (exact) mass is 794 g/mol. The summed E-state index contributed by atoms with van der Waals surface area (Å²) in [5.74, 6) is 0. The van der Waals surface area contributed by atoms with E-state index in [2.05, 4.69) is 215 Å². The van der Waals surface area contributed by atoms with Gasteiger partial charge < -0.3 is 0 Å². The number of rotatable bonds is 9. The van der Waals surface area contributed by atoms with Crippen molar-refractivity contribution in [2.45, 2.75) is 38.8 Å². The minimum absolute atomic E-state index is 0.949. The SMILES string of the molecule is c1ccc(-c2c3ccc4ccccc4c3[n+](CCCCCC[n+]3c4c(ccc5ccccc54)c(-c4ccccc4)c4ccc5ccccc5c43)c3c2ccc2ccccc23)cc1. The molecule has 0 aliphatic heterocycles. The fourth-order valence-electron chi connectivity index (χ4n) is 10.7. The molecule has 294 valence electrons. The fraction of sp³-hybridized carbons (Fsp3) is 0.100. The zero-order chi connectivity index (χ0) is 41.0. The Bertz CT molecular complexity index is 3240. The van der Waals surface area contributed by atoms with Crippen molar-refractivity contribution < 1.29 is 9.13 Å². The fourth-order valence-corrected chi connectivity index (χ4v) is 10.7. The number of hydrogen-bond donors (Lipinski definition) is 0. The highest BCUT2D eigenvalue weighted by Crippen LogP contribution is 2.41. The van der Waals surface area contributed by atoms with E-state index in [1.165, 1.54) is 109 Å². The van der Waals surface area contributed by atoms with Crippen LogP contribution in [0.25, 0.3) is 109 Å². The maximum Gasteiger partial charge on any atom is 0.221 e. The lowest BCUT2D eigenvalue weighted by Gasteiger charge is -2.16. The molecule has 2 aromatic heterocycles. The molecule has 10 aromatic carbocycles. The van der Waals surface area contributed by atoms with Gasteiger partial charge in [-0.15, -0.1) is 0 Å². The lowest BCUT2D eigenvalue weighted by molar-refractivity contribution is -0.646. The van der Waals surface area contributed by atoms with Gasteiger partial charge >= 0.3 is 0 Å². The number of hydrogen-bond acceptors (Lipinski definition) is 0. The first-order chi connectivity index (χ1) is 30.8.